The Balaban J connectivity index is 2.52. The fourth-order valence-electron chi connectivity index (χ4n) is 1.24. The summed E-state index contributed by atoms with van der Waals surface area (Å²) in [6, 6.07) is 7.58. The van der Waals surface area contributed by atoms with Gasteiger partial charge in [-0.3, -0.25) is 4.79 Å². The minimum Gasteiger partial charge on any atom is -0.479 e. The summed E-state index contributed by atoms with van der Waals surface area (Å²) < 4.78 is 0. The highest BCUT2D eigenvalue weighted by atomic mass is 16.4. The van der Waals surface area contributed by atoms with E-state index in [1.165, 1.54) is 6.08 Å². The van der Waals surface area contributed by atoms with Gasteiger partial charge in [0.25, 0.3) is 0 Å². The molecule has 0 spiro atoms. The van der Waals surface area contributed by atoms with Crippen molar-refractivity contribution in [2.24, 2.45) is 0 Å². The highest BCUT2D eigenvalue weighted by Gasteiger charge is 2.29. The molecule has 0 saturated carbocycles. The topological polar surface area (TPSA) is 86.6 Å². The Bertz CT molecular complexity index is 489. The summed E-state index contributed by atoms with van der Waals surface area (Å²) in [6.07, 6.45) is 2.91. The van der Waals surface area contributed by atoms with Crippen LogP contribution in [0, 0.1) is 6.92 Å². The van der Waals surface area contributed by atoms with E-state index >= 15 is 0 Å². The highest BCUT2D eigenvalue weighted by molar-refractivity contribution is 5.92. The van der Waals surface area contributed by atoms with Crippen LogP contribution < -0.4 is 5.32 Å². The predicted octanol–water partition coefficient (Wildman–Crippen LogP) is 0.960. The van der Waals surface area contributed by atoms with Crippen LogP contribution >= 0.6 is 0 Å². The van der Waals surface area contributed by atoms with E-state index in [0.717, 1.165) is 18.1 Å². The fraction of sp³-hybridized carbons (Fsp3) is 0.286. The average molecular weight is 263 g/mol. The molecule has 0 heterocycles. The molecule has 1 atom stereocenters. The summed E-state index contributed by atoms with van der Waals surface area (Å²) in [7, 11) is 0. The molecule has 3 N–H and O–H groups in total. The van der Waals surface area contributed by atoms with E-state index in [2.05, 4.69) is 5.32 Å². The van der Waals surface area contributed by atoms with Crippen LogP contribution in [0.4, 0.5) is 0 Å². The molecule has 1 unspecified atom stereocenters. The van der Waals surface area contributed by atoms with Crippen molar-refractivity contribution in [3.05, 3.63) is 41.5 Å². The van der Waals surface area contributed by atoms with E-state index in [-0.39, 0.29) is 6.54 Å². The molecule has 0 aliphatic carbocycles. The number of hydrogen-bond donors (Lipinski definition) is 3. The monoisotopic (exact) mass is 263 g/mol. The van der Waals surface area contributed by atoms with Crippen LogP contribution in [0.1, 0.15) is 18.1 Å². The second-order valence-corrected chi connectivity index (χ2v) is 4.54. The number of carbonyl (C=O) groups is 2. The Morgan fingerprint density at radius 1 is 1.32 bits per heavy atom. The van der Waals surface area contributed by atoms with E-state index in [4.69, 9.17) is 5.11 Å². The SMILES string of the molecule is Cc1ccc(C=CC(=O)NCC(C)(O)C(=O)O)cc1. The number of carboxylic acid groups (broad SMARTS) is 1. The summed E-state index contributed by atoms with van der Waals surface area (Å²) in [6.45, 7) is 2.74. The number of aliphatic hydroxyl groups is 1. The minimum atomic E-state index is -1.96. The zero-order valence-electron chi connectivity index (χ0n) is 10.9. The van der Waals surface area contributed by atoms with Crippen molar-refractivity contribution < 1.29 is 19.8 Å². The highest BCUT2D eigenvalue weighted by Crippen LogP contribution is 2.05. The van der Waals surface area contributed by atoms with Gasteiger partial charge in [-0.05, 0) is 25.5 Å². The number of amides is 1. The molecule has 1 rings (SSSR count). The second-order valence-electron chi connectivity index (χ2n) is 4.54. The standard InChI is InChI=1S/C14H17NO4/c1-10-3-5-11(6-4-10)7-8-12(16)15-9-14(2,19)13(17)18/h3-8,19H,9H2,1-2H3,(H,15,16)(H,17,18). The van der Waals surface area contributed by atoms with Crippen molar-refractivity contribution in [3.8, 4) is 0 Å². The number of hydrogen-bond acceptors (Lipinski definition) is 3. The van der Waals surface area contributed by atoms with Crippen LogP contribution in [0.15, 0.2) is 30.3 Å². The van der Waals surface area contributed by atoms with E-state index in [0.29, 0.717) is 0 Å². The lowest BCUT2D eigenvalue weighted by molar-refractivity contribution is -0.156. The van der Waals surface area contributed by atoms with Crippen LogP contribution in [0.3, 0.4) is 0 Å². The maximum Gasteiger partial charge on any atom is 0.337 e. The van der Waals surface area contributed by atoms with Crippen LogP contribution in [0.25, 0.3) is 6.08 Å². The van der Waals surface area contributed by atoms with Gasteiger partial charge in [0.2, 0.25) is 5.91 Å². The normalized spacial score (nSPS) is 14.1. The van der Waals surface area contributed by atoms with Gasteiger partial charge in [-0.25, -0.2) is 4.79 Å². The fourth-order valence-corrected chi connectivity index (χ4v) is 1.24. The van der Waals surface area contributed by atoms with Crippen molar-refractivity contribution in [1.82, 2.24) is 5.32 Å². The largest absolute Gasteiger partial charge is 0.479 e. The van der Waals surface area contributed by atoms with Crippen molar-refractivity contribution in [2.45, 2.75) is 19.4 Å². The van der Waals surface area contributed by atoms with Gasteiger partial charge in [-0.2, -0.15) is 0 Å². The number of carbonyl (C=O) groups excluding carboxylic acids is 1. The number of nitrogens with one attached hydrogen (secondary N) is 1. The average Bonchev–Trinajstić information content (AvgIpc) is 2.35. The number of aryl methyl sites for hydroxylation is 1. The third-order valence-electron chi connectivity index (χ3n) is 2.57. The van der Waals surface area contributed by atoms with Gasteiger partial charge in [0.05, 0.1) is 6.54 Å². The lowest BCUT2D eigenvalue weighted by Gasteiger charge is -2.17. The maximum atomic E-state index is 11.5. The first-order chi connectivity index (χ1) is 8.81. The van der Waals surface area contributed by atoms with Crippen molar-refractivity contribution in [2.75, 3.05) is 6.54 Å². The zero-order valence-corrected chi connectivity index (χ0v) is 10.9. The quantitative estimate of drug-likeness (QED) is 0.691. The molecule has 0 bridgehead atoms. The van der Waals surface area contributed by atoms with Crippen molar-refractivity contribution in [3.63, 3.8) is 0 Å². The zero-order chi connectivity index (χ0) is 14.5. The van der Waals surface area contributed by atoms with Gasteiger partial charge < -0.3 is 15.5 Å². The molecular weight excluding hydrogens is 246 g/mol. The molecule has 0 fully saturated rings. The van der Waals surface area contributed by atoms with Gasteiger partial charge in [-0.15, -0.1) is 0 Å². The van der Waals surface area contributed by atoms with Crippen LogP contribution in [0.5, 0.6) is 0 Å². The first kappa shape index (κ1) is 14.9. The summed E-state index contributed by atoms with van der Waals surface area (Å²) in [5, 5.41) is 20.4. The minimum absolute atomic E-state index is 0.348. The molecule has 0 radical (unpaired) electrons. The Labute approximate surface area is 111 Å². The third-order valence-corrected chi connectivity index (χ3v) is 2.57. The van der Waals surface area contributed by atoms with Gasteiger partial charge in [-0.1, -0.05) is 29.8 Å². The Morgan fingerprint density at radius 2 is 1.89 bits per heavy atom. The summed E-state index contributed by atoms with van der Waals surface area (Å²) >= 11 is 0. The van der Waals surface area contributed by atoms with E-state index in [9.17, 15) is 14.7 Å². The molecule has 19 heavy (non-hydrogen) atoms. The van der Waals surface area contributed by atoms with Crippen molar-refractivity contribution >= 4 is 18.0 Å². The number of benzene rings is 1. The number of rotatable bonds is 5. The summed E-state index contributed by atoms with van der Waals surface area (Å²) in [5.74, 6) is -1.84. The van der Waals surface area contributed by atoms with Gasteiger partial charge in [0.15, 0.2) is 5.60 Å². The Morgan fingerprint density at radius 3 is 2.42 bits per heavy atom. The van der Waals surface area contributed by atoms with E-state index in [1.807, 2.05) is 31.2 Å². The number of aliphatic carboxylic acids is 1. The number of carboxylic acids is 1. The van der Waals surface area contributed by atoms with Gasteiger partial charge >= 0.3 is 5.97 Å². The van der Waals surface area contributed by atoms with E-state index in [1.54, 1.807) is 6.08 Å². The molecule has 1 amide bonds. The van der Waals surface area contributed by atoms with Crippen LogP contribution in [-0.4, -0.2) is 34.2 Å². The molecule has 0 saturated heterocycles. The Kier molecular flexibility index (Phi) is 4.83. The lowest BCUT2D eigenvalue weighted by atomic mass is 10.1. The first-order valence-electron chi connectivity index (χ1n) is 5.79. The predicted molar refractivity (Wildman–Crippen MR) is 71.5 cm³/mol. The van der Waals surface area contributed by atoms with E-state index < -0.39 is 17.5 Å². The van der Waals surface area contributed by atoms with Crippen LogP contribution in [-0.2, 0) is 9.59 Å². The molecule has 0 aromatic heterocycles. The lowest BCUT2D eigenvalue weighted by Crippen LogP contribution is -2.46. The molecule has 1 aromatic rings. The van der Waals surface area contributed by atoms with Gasteiger partial charge in [0.1, 0.15) is 0 Å². The molecule has 102 valence electrons. The maximum absolute atomic E-state index is 11.5. The molecule has 0 aliphatic heterocycles. The molecule has 5 nitrogen and oxygen atoms in total. The summed E-state index contributed by atoms with van der Waals surface area (Å²) in [4.78, 5) is 22.1. The van der Waals surface area contributed by atoms with Gasteiger partial charge in [0, 0.05) is 6.08 Å². The van der Waals surface area contributed by atoms with Crippen molar-refractivity contribution in [1.29, 1.82) is 0 Å². The molecule has 5 heteroatoms. The summed E-state index contributed by atoms with van der Waals surface area (Å²) in [5.41, 5.74) is 0.0257. The smallest absolute Gasteiger partial charge is 0.337 e. The molecular formula is C14H17NO4. The second kappa shape index (κ2) is 6.15. The third kappa shape index (κ3) is 4.93. The Hall–Kier alpha value is -2.14. The molecule has 1 aromatic carbocycles. The van der Waals surface area contributed by atoms with Crippen LogP contribution in [0.2, 0.25) is 0 Å². The first-order valence-corrected chi connectivity index (χ1v) is 5.79. The molecule has 0 aliphatic rings.